The van der Waals surface area contributed by atoms with Gasteiger partial charge in [-0.15, -0.1) is 13.2 Å². The summed E-state index contributed by atoms with van der Waals surface area (Å²) in [6, 6.07) is 10.4. The maximum Gasteiger partial charge on any atom is 0.573 e. The quantitative estimate of drug-likeness (QED) is 0.548. The van der Waals surface area contributed by atoms with Crippen molar-refractivity contribution in [2.45, 2.75) is 45.8 Å². The highest BCUT2D eigenvalue weighted by molar-refractivity contribution is 5.79. The summed E-state index contributed by atoms with van der Waals surface area (Å²) < 4.78 is 51.7. The third-order valence-corrected chi connectivity index (χ3v) is 4.38. The zero-order chi connectivity index (χ0) is 23.0. The van der Waals surface area contributed by atoms with E-state index in [1.54, 1.807) is 12.1 Å². The zero-order valence-corrected chi connectivity index (χ0v) is 17.7. The van der Waals surface area contributed by atoms with Crippen molar-refractivity contribution in [1.82, 2.24) is 5.32 Å². The summed E-state index contributed by atoms with van der Waals surface area (Å²) in [4.78, 5) is 11.6. The Hall–Kier alpha value is -2.94. The fourth-order valence-electron chi connectivity index (χ4n) is 2.90. The number of hydrogen-bond acceptors (Lipinski definition) is 5. The molecular formula is C22H27F3N2O4. The second kappa shape index (κ2) is 10.9. The van der Waals surface area contributed by atoms with Gasteiger partial charge in [0.25, 0.3) is 0 Å². The van der Waals surface area contributed by atoms with Crippen LogP contribution in [0.3, 0.4) is 0 Å². The highest BCUT2D eigenvalue weighted by Gasteiger charge is 2.30. The first-order valence-corrected chi connectivity index (χ1v) is 9.74. The Morgan fingerprint density at radius 3 is 2.26 bits per heavy atom. The third kappa shape index (κ3) is 8.37. The number of carbonyl (C=O) groups excluding carboxylic acids is 1. The molecule has 0 bridgehead atoms. The Labute approximate surface area is 179 Å². The van der Waals surface area contributed by atoms with E-state index in [0.29, 0.717) is 35.9 Å². The van der Waals surface area contributed by atoms with E-state index >= 15 is 0 Å². The van der Waals surface area contributed by atoms with Gasteiger partial charge in [-0.1, -0.05) is 32.0 Å². The summed E-state index contributed by atoms with van der Waals surface area (Å²) in [6.45, 7) is 4.60. The number of ether oxygens (including phenoxy) is 3. The molecule has 31 heavy (non-hydrogen) atoms. The molecule has 1 amide bonds. The van der Waals surface area contributed by atoms with Gasteiger partial charge >= 0.3 is 6.36 Å². The lowest BCUT2D eigenvalue weighted by Crippen LogP contribution is -2.41. The molecule has 9 heteroatoms. The molecule has 2 aromatic carbocycles. The molecule has 0 unspecified atom stereocenters. The number of nitrogens with two attached hydrogens (primary N) is 1. The molecule has 2 rings (SSSR count). The first kappa shape index (κ1) is 24.3. The van der Waals surface area contributed by atoms with Gasteiger partial charge in [0.15, 0.2) is 11.5 Å². The lowest BCUT2D eigenvalue weighted by atomic mass is 10.0. The number of rotatable bonds is 11. The molecule has 2 aromatic rings. The van der Waals surface area contributed by atoms with Gasteiger partial charge in [-0.25, -0.2) is 0 Å². The number of alkyl halides is 3. The van der Waals surface area contributed by atoms with Crippen LogP contribution < -0.4 is 25.3 Å². The van der Waals surface area contributed by atoms with Crippen molar-refractivity contribution in [2.24, 2.45) is 11.7 Å². The van der Waals surface area contributed by atoms with E-state index in [2.05, 4.69) is 10.1 Å². The molecule has 0 heterocycles. The topological polar surface area (TPSA) is 82.8 Å². The van der Waals surface area contributed by atoms with Gasteiger partial charge < -0.3 is 25.3 Å². The Bertz CT molecular complexity index is 855. The lowest BCUT2D eigenvalue weighted by Gasteiger charge is -2.18. The van der Waals surface area contributed by atoms with Crippen LogP contribution in [0.1, 0.15) is 31.4 Å². The summed E-state index contributed by atoms with van der Waals surface area (Å²) >= 11 is 0. The molecule has 0 spiro atoms. The van der Waals surface area contributed by atoms with Crippen molar-refractivity contribution in [3.8, 4) is 17.2 Å². The molecule has 3 N–H and O–H groups in total. The molecule has 0 aliphatic rings. The Kier molecular flexibility index (Phi) is 8.56. The zero-order valence-electron chi connectivity index (χ0n) is 17.7. The maximum absolute atomic E-state index is 12.2. The second-order valence-corrected chi connectivity index (χ2v) is 7.43. The van der Waals surface area contributed by atoms with Crippen molar-refractivity contribution < 1.29 is 32.2 Å². The summed E-state index contributed by atoms with van der Waals surface area (Å²) in [7, 11) is 1.51. The van der Waals surface area contributed by atoms with Crippen LogP contribution in [0.15, 0.2) is 42.5 Å². The van der Waals surface area contributed by atoms with Gasteiger partial charge in [0.05, 0.1) is 13.2 Å². The molecule has 6 nitrogen and oxygen atoms in total. The van der Waals surface area contributed by atoms with Crippen molar-refractivity contribution in [2.75, 3.05) is 7.11 Å². The fraction of sp³-hybridized carbons (Fsp3) is 0.409. The maximum atomic E-state index is 12.2. The first-order chi connectivity index (χ1) is 14.6. The second-order valence-electron chi connectivity index (χ2n) is 7.43. The number of halogens is 3. The molecule has 0 aliphatic carbocycles. The van der Waals surface area contributed by atoms with Crippen molar-refractivity contribution in [3.05, 3.63) is 53.6 Å². The molecule has 0 saturated heterocycles. The van der Waals surface area contributed by atoms with Gasteiger partial charge in [-0.3, -0.25) is 4.79 Å². The first-order valence-electron chi connectivity index (χ1n) is 9.74. The van der Waals surface area contributed by atoms with E-state index in [1.165, 1.54) is 31.4 Å². The number of methoxy groups -OCH3 is 1. The van der Waals surface area contributed by atoms with Crippen LogP contribution in [0, 0.1) is 5.92 Å². The molecule has 0 aromatic heterocycles. The van der Waals surface area contributed by atoms with Crippen LogP contribution >= 0.6 is 0 Å². The van der Waals surface area contributed by atoms with E-state index in [9.17, 15) is 18.0 Å². The summed E-state index contributed by atoms with van der Waals surface area (Å²) in [6.07, 6.45) is -4.09. The largest absolute Gasteiger partial charge is 0.573 e. The monoisotopic (exact) mass is 440 g/mol. The SMILES string of the molecule is COc1cc(CN[C@@H](CC(C)C)C(N)=O)ccc1OCc1ccc(OC(F)(F)F)cc1. The highest BCUT2D eigenvalue weighted by Crippen LogP contribution is 2.29. The van der Waals surface area contributed by atoms with Crippen LogP contribution in [0.5, 0.6) is 17.2 Å². The van der Waals surface area contributed by atoms with Crippen molar-refractivity contribution in [1.29, 1.82) is 0 Å². The van der Waals surface area contributed by atoms with Crippen LogP contribution in [-0.2, 0) is 17.9 Å². The average Bonchev–Trinajstić information content (AvgIpc) is 2.69. The number of amides is 1. The molecule has 1 atom stereocenters. The molecule has 170 valence electrons. The van der Waals surface area contributed by atoms with E-state index in [-0.39, 0.29) is 12.4 Å². The van der Waals surface area contributed by atoms with Crippen LogP contribution in [0.2, 0.25) is 0 Å². The highest BCUT2D eigenvalue weighted by atomic mass is 19.4. The van der Waals surface area contributed by atoms with Gasteiger partial charge in [-0.05, 0) is 47.7 Å². The molecule has 0 fully saturated rings. The average molecular weight is 440 g/mol. The molecule has 0 saturated carbocycles. The number of benzene rings is 2. The summed E-state index contributed by atoms with van der Waals surface area (Å²) in [5, 5.41) is 3.15. The van der Waals surface area contributed by atoms with Crippen LogP contribution in [-0.4, -0.2) is 25.4 Å². The number of nitrogens with one attached hydrogen (secondary N) is 1. The Balaban J connectivity index is 1.97. The van der Waals surface area contributed by atoms with Crippen molar-refractivity contribution >= 4 is 5.91 Å². The van der Waals surface area contributed by atoms with Crippen LogP contribution in [0.25, 0.3) is 0 Å². The normalized spacial score (nSPS) is 12.5. The van der Waals surface area contributed by atoms with Gasteiger partial charge in [0, 0.05) is 6.54 Å². The third-order valence-electron chi connectivity index (χ3n) is 4.38. The Morgan fingerprint density at radius 2 is 1.71 bits per heavy atom. The summed E-state index contributed by atoms with van der Waals surface area (Å²) in [5.74, 6) is 0.611. The Morgan fingerprint density at radius 1 is 1.06 bits per heavy atom. The van der Waals surface area contributed by atoms with Gasteiger partial charge in [0.2, 0.25) is 5.91 Å². The summed E-state index contributed by atoms with van der Waals surface area (Å²) in [5.41, 5.74) is 7.00. The predicted octanol–water partition coefficient (Wildman–Crippen LogP) is 4.16. The number of carbonyl (C=O) groups is 1. The predicted molar refractivity (Wildman–Crippen MR) is 110 cm³/mol. The minimum atomic E-state index is -4.73. The standard InChI is InChI=1S/C22H27F3N2O4/c1-14(2)10-18(21(26)28)27-12-16-6-9-19(20(11-16)29-3)30-13-15-4-7-17(8-5-15)31-22(23,24)25/h4-9,11,14,18,27H,10,12-13H2,1-3H3,(H2,26,28)/t18-/m0/s1. The van der Waals surface area contributed by atoms with Gasteiger partial charge in [0.1, 0.15) is 12.4 Å². The molecule has 0 aliphatic heterocycles. The number of primary amides is 1. The van der Waals surface area contributed by atoms with E-state index in [0.717, 1.165) is 5.56 Å². The van der Waals surface area contributed by atoms with Gasteiger partial charge in [-0.2, -0.15) is 0 Å². The van der Waals surface area contributed by atoms with Crippen LogP contribution in [0.4, 0.5) is 13.2 Å². The lowest BCUT2D eigenvalue weighted by molar-refractivity contribution is -0.274. The smallest absolute Gasteiger partial charge is 0.493 e. The fourth-order valence-corrected chi connectivity index (χ4v) is 2.90. The van der Waals surface area contributed by atoms with E-state index in [4.69, 9.17) is 15.2 Å². The van der Waals surface area contributed by atoms with E-state index < -0.39 is 18.3 Å². The molecule has 0 radical (unpaired) electrons. The molecular weight excluding hydrogens is 413 g/mol. The van der Waals surface area contributed by atoms with E-state index in [1.807, 2.05) is 19.9 Å². The number of hydrogen-bond donors (Lipinski definition) is 2. The minimum Gasteiger partial charge on any atom is -0.493 e. The van der Waals surface area contributed by atoms with Crippen molar-refractivity contribution in [3.63, 3.8) is 0 Å². The minimum absolute atomic E-state index is 0.137.